The molecule has 0 radical (unpaired) electrons. The lowest BCUT2D eigenvalue weighted by Gasteiger charge is -2.17. The van der Waals surface area contributed by atoms with Crippen molar-refractivity contribution < 1.29 is 14.5 Å². The Morgan fingerprint density at radius 3 is 2.74 bits per heavy atom. The number of rotatable bonds is 6. The first-order valence-electron chi connectivity index (χ1n) is 5.74. The monoisotopic (exact) mass is 330 g/mol. The number of carbonyl (C=O) groups excluding carboxylic acids is 1. The lowest BCUT2D eigenvalue weighted by atomic mass is 10.2. The van der Waals surface area contributed by atoms with Crippen LogP contribution in [0.3, 0.4) is 0 Å². The lowest BCUT2D eigenvalue weighted by Crippen LogP contribution is -2.30. The third kappa shape index (κ3) is 4.29. The van der Waals surface area contributed by atoms with Crippen LogP contribution in [0.25, 0.3) is 0 Å². The number of likely N-dealkylation sites (N-methyl/N-ethyl adjacent to an activating group) is 1. The van der Waals surface area contributed by atoms with Gasteiger partial charge in [-0.25, -0.2) is 0 Å². The van der Waals surface area contributed by atoms with Crippen LogP contribution < -0.4 is 0 Å². The summed E-state index contributed by atoms with van der Waals surface area (Å²) in [5.41, 5.74) is 0.338. The van der Waals surface area contributed by atoms with Gasteiger partial charge in [-0.15, -0.1) is 0 Å². The van der Waals surface area contributed by atoms with E-state index in [9.17, 15) is 14.9 Å². The zero-order valence-electron chi connectivity index (χ0n) is 10.8. The maximum Gasteiger partial charge on any atom is 0.270 e. The molecule has 0 spiro atoms. The summed E-state index contributed by atoms with van der Waals surface area (Å²) >= 11 is 3.18. The second-order valence-corrected chi connectivity index (χ2v) is 4.70. The molecule has 0 aliphatic heterocycles. The summed E-state index contributed by atoms with van der Waals surface area (Å²) in [5, 5.41) is 10.6. The van der Waals surface area contributed by atoms with Gasteiger partial charge in [-0.05, 0) is 28.9 Å². The van der Waals surface area contributed by atoms with Gasteiger partial charge >= 0.3 is 0 Å². The summed E-state index contributed by atoms with van der Waals surface area (Å²) in [6.07, 6.45) is 0. The molecule has 0 saturated heterocycles. The fourth-order valence-electron chi connectivity index (χ4n) is 1.44. The number of ether oxygens (including phenoxy) is 1. The minimum atomic E-state index is -0.502. The zero-order chi connectivity index (χ0) is 14.4. The standard InChI is InChI=1S/C12H15BrN2O4/c1-3-19-7-6-14(2)12(16)10-5-4-9(15(17)18)8-11(10)13/h4-5,8H,3,6-7H2,1-2H3. The van der Waals surface area contributed by atoms with Crippen LogP contribution in [0.15, 0.2) is 22.7 Å². The molecule has 0 unspecified atom stereocenters. The van der Waals surface area contributed by atoms with E-state index < -0.39 is 4.92 Å². The molecule has 0 bridgehead atoms. The summed E-state index contributed by atoms with van der Waals surface area (Å²) in [7, 11) is 1.66. The molecule has 0 atom stereocenters. The number of hydrogen-bond donors (Lipinski definition) is 0. The molecule has 0 aromatic heterocycles. The number of nitro groups is 1. The van der Waals surface area contributed by atoms with Gasteiger partial charge in [0.15, 0.2) is 0 Å². The predicted molar refractivity (Wildman–Crippen MR) is 74.2 cm³/mol. The van der Waals surface area contributed by atoms with Gasteiger partial charge in [-0.2, -0.15) is 0 Å². The van der Waals surface area contributed by atoms with Crippen molar-refractivity contribution in [2.75, 3.05) is 26.8 Å². The Balaban J connectivity index is 2.79. The zero-order valence-corrected chi connectivity index (χ0v) is 12.3. The van der Waals surface area contributed by atoms with Crippen molar-refractivity contribution in [1.29, 1.82) is 0 Å². The van der Waals surface area contributed by atoms with Crippen molar-refractivity contribution in [3.8, 4) is 0 Å². The highest BCUT2D eigenvalue weighted by molar-refractivity contribution is 9.10. The van der Waals surface area contributed by atoms with E-state index in [1.807, 2.05) is 6.92 Å². The average Bonchev–Trinajstić information content (AvgIpc) is 2.37. The predicted octanol–water partition coefficient (Wildman–Crippen LogP) is 2.47. The summed E-state index contributed by atoms with van der Waals surface area (Å²) in [5.74, 6) is -0.207. The van der Waals surface area contributed by atoms with E-state index in [2.05, 4.69) is 15.9 Å². The number of halogens is 1. The van der Waals surface area contributed by atoms with Crippen LogP contribution in [0.1, 0.15) is 17.3 Å². The van der Waals surface area contributed by atoms with Crippen LogP contribution >= 0.6 is 15.9 Å². The van der Waals surface area contributed by atoms with E-state index in [0.29, 0.717) is 29.8 Å². The molecule has 0 aliphatic carbocycles. The topological polar surface area (TPSA) is 72.7 Å². The fourth-order valence-corrected chi connectivity index (χ4v) is 1.98. The third-order valence-corrected chi connectivity index (χ3v) is 3.17. The van der Waals surface area contributed by atoms with Crippen molar-refractivity contribution in [3.05, 3.63) is 38.3 Å². The van der Waals surface area contributed by atoms with Crippen LogP contribution in [0.4, 0.5) is 5.69 Å². The second kappa shape index (κ2) is 7.20. The molecule has 1 rings (SSSR count). The second-order valence-electron chi connectivity index (χ2n) is 3.84. The van der Waals surface area contributed by atoms with Crippen LogP contribution in [-0.2, 0) is 4.74 Å². The van der Waals surface area contributed by atoms with E-state index in [-0.39, 0.29) is 11.6 Å². The van der Waals surface area contributed by atoms with Gasteiger partial charge in [0.1, 0.15) is 0 Å². The molecule has 0 heterocycles. The average molecular weight is 331 g/mol. The lowest BCUT2D eigenvalue weighted by molar-refractivity contribution is -0.384. The number of non-ortho nitro benzene ring substituents is 1. The Morgan fingerprint density at radius 1 is 1.53 bits per heavy atom. The SMILES string of the molecule is CCOCCN(C)C(=O)c1ccc([N+](=O)[O-])cc1Br. The van der Waals surface area contributed by atoms with E-state index in [1.54, 1.807) is 7.05 Å². The molecule has 0 fully saturated rings. The number of amides is 1. The van der Waals surface area contributed by atoms with Gasteiger partial charge in [0.2, 0.25) is 0 Å². The highest BCUT2D eigenvalue weighted by Crippen LogP contribution is 2.23. The molecule has 0 N–H and O–H groups in total. The normalized spacial score (nSPS) is 10.3. The molecule has 0 saturated carbocycles. The Bertz CT molecular complexity index is 479. The maximum atomic E-state index is 12.1. The largest absolute Gasteiger partial charge is 0.380 e. The van der Waals surface area contributed by atoms with Crippen molar-refractivity contribution in [1.82, 2.24) is 4.90 Å². The summed E-state index contributed by atoms with van der Waals surface area (Å²) < 4.78 is 5.59. The molecular weight excluding hydrogens is 316 g/mol. The summed E-state index contributed by atoms with van der Waals surface area (Å²) in [6.45, 7) is 3.41. The molecule has 19 heavy (non-hydrogen) atoms. The molecular formula is C12H15BrN2O4. The Hall–Kier alpha value is -1.47. The minimum Gasteiger partial charge on any atom is -0.380 e. The smallest absolute Gasteiger partial charge is 0.270 e. The van der Waals surface area contributed by atoms with E-state index >= 15 is 0 Å². The van der Waals surface area contributed by atoms with Crippen LogP contribution in [-0.4, -0.2) is 42.5 Å². The van der Waals surface area contributed by atoms with Crippen molar-refractivity contribution in [3.63, 3.8) is 0 Å². The van der Waals surface area contributed by atoms with E-state index in [4.69, 9.17) is 4.74 Å². The molecule has 1 aromatic rings. The van der Waals surface area contributed by atoms with Gasteiger partial charge in [0.05, 0.1) is 17.1 Å². The number of benzene rings is 1. The Kier molecular flexibility index (Phi) is 5.91. The van der Waals surface area contributed by atoms with Gasteiger partial charge in [0, 0.05) is 36.8 Å². The van der Waals surface area contributed by atoms with Crippen molar-refractivity contribution >= 4 is 27.5 Å². The van der Waals surface area contributed by atoms with Gasteiger partial charge in [0.25, 0.3) is 11.6 Å². The van der Waals surface area contributed by atoms with Crippen molar-refractivity contribution in [2.45, 2.75) is 6.92 Å². The highest BCUT2D eigenvalue weighted by atomic mass is 79.9. The Morgan fingerprint density at radius 2 is 2.21 bits per heavy atom. The number of carbonyl (C=O) groups is 1. The molecule has 104 valence electrons. The van der Waals surface area contributed by atoms with E-state index in [1.165, 1.54) is 23.1 Å². The fraction of sp³-hybridized carbons (Fsp3) is 0.417. The molecule has 7 heteroatoms. The first kappa shape index (κ1) is 15.6. The van der Waals surface area contributed by atoms with Crippen LogP contribution in [0.5, 0.6) is 0 Å². The molecule has 0 aliphatic rings. The van der Waals surface area contributed by atoms with Crippen LogP contribution in [0, 0.1) is 10.1 Å². The third-order valence-electron chi connectivity index (χ3n) is 2.52. The van der Waals surface area contributed by atoms with Crippen LogP contribution in [0.2, 0.25) is 0 Å². The molecule has 1 aromatic carbocycles. The number of nitrogens with zero attached hydrogens (tertiary/aromatic N) is 2. The molecule has 1 amide bonds. The first-order chi connectivity index (χ1) is 8.97. The molecule has 6 nitrogen and oxygen atoms in total. The first-order valence-corrected chi connectivity index (χ1v) is 6.53. The van der Waals surface area contributed by atoms with Gasteiger partial charge in [-0.1, -0.05) is 0 Å². The Labute approximate surface area is 119 Å². The maximum absolute atomic E-state index is 12.1. The highest BCUT2D eigenvalue weighted by Gasteiger charge is 2.17. The van der Waals surface area contributed by atoms with Gasteiger partial charge < -0.3 is 9.64 Å². The summed E-state index contributed by atoms with van der Waals surface area (Å²) in [6, 6.07) is 4.08. The summed E-state index contributed by atoms with van der Waals surface area (Å²) in [4.78, 5) is 23.7. The number of hydrogen-bond acceptors (Lipinski definition) is 4. The number of nitro benzene ring substituents is 1. The quantitative estimate of drug-likeness (QED) is 0.456. The minimum absolute atomic E-state index is 0.0552. The van der Waals surface area contributed by atoms with Crippen molar-refractivity contribution in [2.24, 2.45) is 0 Å². The van der Waals surface area contributed by atoms with Gasteiger partial charge in [-0.3, -0.25) is 14.9 Å². The van der Waals surface area contributed by atoms with E-state index in [0.717, 1.165) is 0 Å².